The molecule has 4 bridgehead atoms. The van der Waals surface area contributed by atoms with E-state index >= 15 is 0 Å². The van der Waals surface area contributed by atoms with Crippen LogP contribution in [0, 0.1) is 23.7 Å². The van der Waals surface area contributed by atoms with Crippen molar-refractivity contribution in [3.63, 3.8) is 0 Å². The molecular formula is C57H49N. The third-order valence-electron chi connectivity index (χ3n) is 16.2. The quantitative estimate of drug-likeness (QED) is 0.169. The van der Waals surface area contributed by atoms with Crippen LogP contribution in [0.15, 0.2) is 164 Å². The van der Waals surface area contributed by atoms with E-state index in [9.17, 15) is 0 Å². The molecule has 14 rings (SSSR count). The average molecular weight is 748 g/mol. The summed E-state index contributed by atoms with van der Waals surface area (Å²) in [6, 6.07) is 63.2. The van der Waals surface area contributed by atoms with E-state index in [0.717, 1.165) is 23.7 Å². The lowest BCUT2D eigenvalue weighted by Gasteiger charge is -2.61. The van der Waals surface area contributed by atoms with Gasteiger partial charge in [-0.15, -0.1) is 0 Å². The van der Waals surface area contributed by atoms with Crippen molar-refractivity contribution in [3.05, 3.63) is 186 Å². The van der Waals surface area contributed by atoms with Crippen LogP contribution in [0.3, 0.4) is 0 Å². The monoisotopic (exact) mass is 747 g/mol. The predicted octanol–water partition coefficient (Wildman–Crippen LogP) is 15.1. The van der Waals surface area contributed by atoms with E-state index in [4.69, 9.17) is 0 Å². The summed E-state index contributed by atoms with van der Waals surface area (Å²) in [6.07, 6.45) is 12.1. The Morgan fingerprint density at radius 3 is 1.59 bits per heavy atom. The first-order valence-electron chi connectivity index (χ1n) is 22.2. The highest BCUT2D eigenvalue weighted by Crippen LogP contribution is 2.70. The molecule has 0 heterocycles. The van der Waals surface area contributed by atoms with Gasteiger partial charge in [0.05, 0.1) is 5.69 Å². The van der Waals surface area contributed by atoms with E-state index in [1.54, 1.807) is 16.7 Å². The van der Waals surface area contributed by atoms with Crippen LogP contribution in [-0.2, 0) is 10.8 Å². The summed E-state index contributed by atoms with van der Waals surface area (Å²) in [5.41, 5.74) is 21.1. The Hall–Kier alpha value is -5.66. The molecule has 7 aromatic rings. The molecule has 0 aliphatic heterocycles. The third kappa shape index (κ3) is 4.54. The van der Waals surface area contributed by atoms with Crippen molar-refractivity contribution in [3.8, 4) is 44.5 Å². The largest absolute Gasteiger partial charge is 0.310 e. The van der Waals surface area contributed by atoms with Crippen molar-refractivity contribution in [2.45, 2.75) is 68.6 Å². The summed E-state index contributed by atoms with van der Waals surface area (Å²) < 4.78 is 0. The van der Waals surface area contributed by atoms with E-state index < -0.39 is 0 Å². The van der Waals surface area contributed by atoms with E-state index in [1.165, 1.54) is 125 Å². The molecule has 0 saturated heterocycles. The number of fused-ring (bicyclic) bond motifs is 8. The molecule has 282 valence electrons. The molecule has 5 saturated carbocycles. The van der Waals surface area contributed by atoms with Crippen LogP contribution in [0.5, 0.6) is 0 Å². The first-order chi connectivity index (χ1) is 28.7. The summed E-state index contributed by atoms with van der Waals surface area (Å²) in [4.78, 5) is 2.65. The van der Waals surface area contributed by atoms with Crippen LogP contribution in [0.1, 0.15) is 80.0 Å². The van der Waals surface area contributed by atoms with Crippen LogP contribution in [0.2, 0.25) is 0 Å². The highest BCUT2D eigenvalue weighted by atomic mass is 15.1. The molecule has 5 fully saturated rings. The predicted molar refractivity (Wildman–Crippen MR) is 240 cm³/mol. The second kappa shape index (κ2) is 12.4. The Morgan fingerprint density at radius 2 is 0.914 bits per heavy atom. The highest BCUT2D eigenvalue weighted by Gasteiger charge is 2.61. The minimum atomic E-state index is 0.0943. The van der Waals surface area contributed by atoms with Crippen LogP contribution in [0.25, 0.3) is 44.5 Å². The van der Waals surface area contributed by atoms with Crippen molar-refractivity contribution in [1.82, 2.24) is 0 Å². The fraction of sp³-hybridized carbons (Fsp3) is 0.263. The molecule has 2 spiro atoms. The topological polar surface area (TPSA) is 3.24 Å². The molecular weight excluding hydrogens is 699 g/mol. The third-order valence-corrected chi connectivity index (χ3v) is 16.2. The number of hydrogen-bond acceptors (Lipinski definition) is 1. The summed E-state index contributed by atoms with van der Waals surface area (Å²) in [7, 11) is 0. The van der Waals surface area contributed by atoms with Gasteiger partial charge in [0, 0.05) is 27.8 Å². The van der Waals surface area contributed by atoms with Crippen molar-refractivity contribution < 1.29 is 0 Å². The average Bonchev–Trinajstić information content (AvgIpc) is 3.96. The molecule has 1 heteroatoms. The molecule has 0 amide bonds. The Morgan fingerprint density at radius 1 is 0.379 bits per heavy atom. The molecule has 7 aromatic carbocycles. The number of hydrogen-bond donors (Lipinski definition) is 0. The molecule has 0 aromatic heterocycles. The Balaban J connectivity index is 1.06. The van der Waals surface area contributed by atoms with Crippen molar-refractivity contribution in [2.75, 3.05) is 4.90 Å². The SMILES string of the molecule is c1ccc(-c2ccc(N(c3ccc4c(c3)C3(CCCC3)c3ccccc3-4)c3ccc4c(c3)C3(c5ccccc5-4)C4CC5CC(C4)CC3C5)c(-c3ccccc3)c2)cc1. The Labute approximate surface area is 343 Å². The lowest BCUT2D eigenvalue weighted by Crippen LogP contribution is -2.55. The van der Waals surface area contributed by atoms with Crippen molar-refractivity contribution in [2.24, 2.45) is 23.7 Å². The zero-order chi connectivity index (χ0) is 38.0. The fourth-order valence-corrected chi connectivity index (χ4v) is 14.2. The molecule has 58 heavy (non-hydrogen) atoms. The summed E-state index contributed by atoms with van der Waals surface area (Å²) in [5, 5.41) is 0. The summed E-state index contributed by atoms with van der Waals surface area (Å²) in [6.45, 7) is 0. The lowest BCUT2D eigenvalue weighted by molar-refractivity contribution is -0.0399. The smallest absolute Gasteiger partial charge is 0.0540 e. The Bertz CT molecular complexity index is 2720. The van der Waals surface area contributed by atoms with E-state index in [0.29, 0.717) is 0 Å². The molecule has 0 atom stereocenters. The first kappa shape index (κ1) is 33.3. The van der Waals surface area contributed by atoms with Gasteiger partial charge in [-0.1, -0.05) is 140 Å². The number of nitrogens with zero attached hydrogens (tertiary/aromatic N) is 1. The van der Waals surface area contributed by atoms with Crippen LogP contribution >= 0.6 is 0 Å². The lowest BCUT2D eigenvalue weighted by atomic mass is 9.43. The first-order valence-corrected chi connectivity index (χ1v) is 22.2. The zero-order valence-corrected chi connectivity index (χ0v) is 33.2. The minimum Gasteiger partial charge on any atom is -0.310 e. The molecule has 0 unspecified atom stereocenters. The van der Waals surface area contributed by atoms with Crippen molar-refractivity contribution in [1.29, 1.82) is 0 Å². The van der Waals surface area contributed by atoms with Gasteiger partial charge in [-0.2, -0.15) is 0 Å². The van der Waals surface area contributed by atoms with Crippen molar-refractivity contribution >= 4 is 17.1 Å². The highest BCUT2D eigenvalue weighted by molar-refractivity contribution is 5.94. The number of rotatable bonds is 5. The second-order valence-electron chi connectivity index (χ2n) is 18.8. The van der Waals surface area contributed by atoms with Gasteiger partial charge < -0.3 is 4.90 Å². The molecule has 0 N–H and O–H groups in total. The summed E-state index contributed by atoms with van der Waals surface area (Å²) in [5.74, 6) is 3.28. The molecule has 7 aliphatic rings. The van der Waals surface area contributed by atoms with Gasteiger partial charge in [0.2, 0.25) is 0 Å². The zero-order valence-electron chi connectivity index (χ0n) is 33.2. The maximum Gasteiger partial charge on any atom is 0.0540 e. The van der Waals surface area contributed by atoms with Gasteiger partial charge in [-0.25, -0.2) is 0 Å². The summed E-state index contributed by atoms with van der Waals surface area (Å²) >= 11 is 0. The molecule has 1 nitrogen and oxygen atoms in total. The maximum atomic E-state index is 2.69. The van der Waals surface area contributed by atoms with Gasteiger partial charge in [-0.05, 0) is 166 Å². The van der Waals surface area contributed by atoms with Gasteiger partial charge in [0.1, 0.15) is 0 Å². The maximum absolute atomic E-state index is 2.69. The molecule has 7 aliphatic carbocycles. The second-order valence-corrected chi connectivity index (χ2v) is 18.8. The molecule has 0 radical (unpaired) electrons. The normalized spacial score (nSPS) is 24.8. The van der Waals surface area contributed by atoms with Crippen LogP contribution < -0.4 is 4.90 Å². The van der Waals surface area contributed by atoms with E-state index in [2.05, 4.69) is 169 Å². The van der Waals surface area contributed by atoms with Crippen LogP contribution in [0.4, 0.5) is 17.1 Å². The van der Waals surface area contributed by atoms with Gasteiger partial charge in [0.15, 0.2) is 0 Å². The number of benzene rings is 7. The number of anilines is 3. The van der Waals surface area contributed by atoms with Gasteiger partial charge >= 0.3 is 0 Å². The fourth-order valence-electron chi connectivity index (χ4n) is 14.2. The van der Waals surface area contributed by atoms with E-state index in [1.807, 2.05) is 0 Å². The van der Waals surface area contributed by atoms with Gasteiger partial charge in [0.25, 0.3) is 0 Å². The Kier molecular flexibility index (Phi) is 7.14. The minimum absolute atomic E-state index is 0.0943. The standard InChI is InChI=1S/C57H49N/c1-3-13-39(14-4-1)41-21-26-55(50(34-41)40-15-5-2-6-16-40)58(44-22-24-48-46-17-7-9-19-51(46)56(53(48)35-44)27-11-12-28-56)45-23-25-49-47-18-8-10-20-52(47)57(54(49)36-45)42-30-37-29-38(32-42)33-43(57)31-37/h1-10,13-26,34-38,42-43H,11-12,27-33H2. The van der Waals surface area contributed by atoms with E-state index in [-0.39, 0.29) is 10.8 Å². The van der Waals surface area contributed by atoms with Crippen LogP contribution in [-0.4, -0.2) is 0 Å². The van der Waals surface area contributed by atoms with Gasteiger partial charge in [-0.3, -0.25) is 0 Å².